The Morgan fingerprint density at radius 1 is 1.50 bits per heavy atom. The maximum absolute atomic E-state index is 10.9. The Hall–Kier alpha value is -2.21. The van der Waals surface area contributed by atoms with Crippen molar-refractivity contribution in [3.63, 3.8) is 0 Å². The van der Waals surface area contributed by atoms with Gasteiger partial charge < -0.3 is 10.4 Å². The molecular weight excluding hydrogens is 234 g/mol. The molecule has 0 aliphatic rings. The smallest absolute Gasteiger partial charge is 0.295 e. The molecule has 6 nitrogen and oxygen atoms in total. The molecule has 1 aromatic carbocycles. The number of pyridine rings is 1. The van der Waals surface area contributed by atoms with Gasteiger partial charge in [-0.05, 0) is 25.1 Å². The van der Waals surface area contributed by atoms with Crippen molar-refractivity contribution in [2.75, 3.05) is 11.9 Å². The Kier molecular flexibility index (Phi) is 3.38. The Morgan fingerprint density at radius 3 is 2.94 bits per heavy atom. The second kappa shape index (κ2) is 4.97. The summed E-state index contributed by atoms with van der Waals surface area (Å²) in [5.74, 6) is 0. The van der Waals surface area contributed by atoms with Crippen molar-refractivity contribution in [1.82, 2.24) is 4.98 Å². The van der Waals surface area contributed by atoms with Gasteiger partial charge >= 0.3 is 0 Å². The van der Waals surface area contributed by atoms with E-state index in [1.54, 1.807) is 25.1 Å². The first-order valence-electron chi connectivity index (χ1n) is 5.53. The molecule has 0 fully saturated rings. The lowest BCUT2D eigenvalue weighted by Gasteiger charge is -2.10. The van der Waals surface area contributed by atoms with Gasteiger partial charge in [0.1, 0.15) is 5.52 Å². The van der Waals surface area contributed by atoms with E-state index in [4.69, 9.17) is 0 Å². The molecule has 0 saturated carbocycles. The van der Waals surface area contributed by atoms with E-state index in [1.165, 1.54) is 12.3 Å². The largest absolute Gasteiger partial charge is 0.392 e. The van der Waals surface area contributed by atoms with Crippen molar-refractivity contribution >= 4 is 22.3 Å². The molecule has 1 aromatic heterocycles. The minimum Gasteiger partial charge on any atom is -0.392 e. The molecule has 0 amide bonds. The molecule has 0 unspecified atom stereocenters. The Morgan fingerprint density at radius 2 is 2.28 bits per heavy atom. The van der Waals surface area contributed by atoms with Crippen LogP contribution in [0.2, 0.25) is 0 Å². The number of rotatable bonds is 4. The number of anilines is 1. The minimum absolute atomic E-state index is 0.0202. The fraction of sp³-hybridized carbons (Fsp3) is 0.250. The lowest BCUT2D eigenvalue weighted by atomic mass is 10.1. The molecule has 0 radical (unpaired) electrons. The summed E-state index contributed by atoms with van der Waals surface area (Å²) in [5, 5.41) is 23.9. The van der Waals surface area contributed by atoms with Crippen molar-refractivity contribution in [3.05, 3.63) is 40.6 Å². The molecule has 94 valence electrons. The summed E-state index contributed by atoms with van der Waals surface area (Å²) < 4.78 is 0. The van der Waals surface area contributed by atoms with Crippen LogP contribution < -0.4 is 5.32 Å². The first-order valence-corrected chi connectivity index (χ1v) is 5.53. The molecule has 2 aromatic rings. The van der Waals surface area contributed by atoms with E-state index in [-0.39, 0.29) is 5.69 Å². The molecule has 1 atom stereocenters. The van der Waals surface area contributed by atoms with Crippen LogP contribution in [0.3, 0.4) is 0 Å². The van der Waals surface area contributed by atoms with E-state index < -0.39 is 11.0 Å². The number of benzene rings is 1. The van der Waals surface area contributed by atoms with E-state index >= 15 is 0 Å². The van der Waals surface area contributed by atoms with E-state index in [1.807, 2.05) is 0 Å². The molecule has 2 rings (SSSR count). The first kappa shape index (κ1) is 12.3. The quantitative estimate of drug-likeness (QED) is 0.636. The van der Waals surface area contributed by atoms with Gasteiger partial charge in [-0.15, -0.1) is 0 Å². The summed E-state index contributed by atoms with van der Waals surface area (Å²) >= 11 is 0. The lowest BCUT2D eigenvalue weighted by Crippen LogP contribution is -2.15. The maximum Gasteiger partial charge on any atom is 0.295 e. The number of aliphatic hydroxyl groups is 1. The zero-order chi connectivity index (χ0) is 13.1. The van der Waals surface area contributed by atoms with Gasteiger partial charge in [0.15, 0.2) is 0 Å². The summed E-state index contributed by atoms with van der Waals surface area (Å²) in [4.78, 5) is 14.5. The van der Waals surface area contributed by atoms with E-state index in [9.17, 15) is 15.2 Å². The predicted molar refractivity (Wildman–Crippen MR) is 68.6 cm³/mol. The SMILES string of the molecule is C[C@@H](O)CNc1ccc([N+](=O)[O-])c2ncccc12. The molecule has 0 saturated heterocycles. The molecular formula is C12H13N3O3. The van der Waals surface area contributed by atoms with Crippen molar-refractivity contribution in [1.29, 1.82) is 0 Å². The fourth-order valence-electron chi connectivity index (χ4n) is 1.72. The molecule has 18 heavy (non-hydrogen) atoms. The average molecular weight is 247 g/mol. The highest BCUT2D eigenvalue weighted by molar-refractivity contribution is 5.96. The molecule has 0 aliphatic carbocycles. The highest BCUT2D eigenvalue weighted by Crippen LogP contribution is 2.29. The van der Waals surface area contributed by atoms with Crippen LogP contribution in [0.1, 0.15) is 6.92 Å². The molecule has 0 bridgehead atoms. The van der Waals surface area contributed by atoms with Gasteiger partial charge in [-0.2, -0.15) is 0 Å². The molecule has 0 aliphatic heterocycles. The summed E-state index contributed by atoms with van der Waals surface area (Å²) in [5.41, 5.74) is 1.05. The zero-order valence-electron chi connectivity index (χ0n) is 9.83. The van der Waals surface area contributed by atoms with Crippen LogP contribution in [0.25, 0.3) is 10.9 Å². The second-order valence-electron chi connectivity index (χ2n) is 4.02. The van der Waals surface area contributed by atoms with E-state index in [0.717, 1.165) is 5.69 Å². The van der Waals surface area contributed by atoms with Gasteiger partial charge in [-0.3, -0.25) is 10.1 Å². The molecule has 2 N–H and O–H groups in total. The van der Waals surface area contributed by atoms with Crippen LogP contribution >= 0.6 is 0 Å². The van der Waals surface area contributed by atoms with Crippen molar-refractivity contribution in [2.24, 2.45) is 0 Å². The number of aromatic nitrogens is 1. The number of nitrogens with zero attached hydrogens (tertiary/aromatic N) is 2. The third-order valence-electron chi connectivity index (χ3n) is 2.53. The minimum atomic E-state index is -0.494. The zero-order valence-corrected chi connectivity index (χ0v) is 9.83. The van der Waals surface area contributed by atoms with Crippen LogP contribution in [0.5, 0.6) is 0 Å². The number of nitrogens with one attached hydrogen (secondary N) is 1. The highest BCUT2D eigenvalue weighted by Gasteiger charge is 2.15. The molecule has 1 heterocycles. The number of nitro benzene ring substituents is 1. The van der Waals surface area contributed by atoms with Crippen molar-refractivity contribution in [3.8, 4) is 0 Å². The van der Waals surface area contributed by atoms with Gasteiger partial charge in [0.05, 0.1) is 11.0 Å². The third kappa shape index (κ3) is 2.38. The van der Waals surface area contributed by atoms with Crippen molar-refractivity contribution in [2.45, 2.75) is 13.0 Å². The average Bonchev–Trinajstić information content (AvgIpc) is 2.35. The van der Waals surface area contributed by atoms with E-state index in [0.29, 0.717) is 17.4 Å². The second-order valence-corrected chi connectivity index (χ2v) is 4.02. The van der Waals surface area contributed by atoms with Crippen LogP contribution in [0, 0.1) is 10.1 Å². The summed E-state index contributed by atoms with van der Waals surface area (Å²) in [7, 11) is 0. The van der Waals surface area contributed by atoms with Crippen molar-refractivity contribution < 1.29 is 10.0 Å². The number of nitro groups is 1. The normalized spacial score (nSPS) is 12.3. The molecule has 0 spiro atoms. The fourth-order valence-corrected chi connectivity index (χ4v) is 1.72. The van der Waals surface area contributed by atoms with E-state index in [2.05, 4.69) is 10.3 Å². The first-order chi connectivity index (χ1) is 8.59. The number of non-ortho nitro benzene ring substituents is 1. The van der Waals surface area contributed by atoms with Gasteiger partial charge in [-0.1, -0.05) is 0 Å². The number of hydrogen-bond acceptors (Lipinski definition) is 5. The van der Waals surface area contributed by atoms with Gasteiger partial charge in [0.25, 0.3) is 5.69 Å². The number of hydrogen-bond donors (Lipinski definition) is 2. The summed E-state index contributed by atoms with van der Waals surface area (Å²) in [6, 6.07) is 6.53. The number of aliphatic hydroxyl groups excluding tert-OH is 1. The molecule has 6 heteroatoms. The predicted octanol–water partition coefficient (Wildman–Crippen LogP) is 1.94. The van der Waals surface area contributed by atoms with Gasteiger partial charge in [0, 0.05) is 29.9 Å². The summed E-state index contributed by atoms with van der Waals surface area (Å²) in [6.07, 6.45) is 1.03. The standard InChI is InChI=1S/C12H13N3O3/c1-8(16)7-14-10-4-5-11(15(17)18)12-9(10)3-2-6-13-12/h2-6,8,14,16H,7H2,1H3/t8-/m1/s1. The Balaban J connectivity index is 2.50. The Labute approximate surface area is 103 Å². The monoisotopic (exact) mass is 247 g/mol. The van der Waals surface area contributed by atoms with Gasteiger partial charge in [0.2, 0.25) is 0 Å². The van der Waals surface area contributed by atoms with Crippen LogP contribution in [-0.2, 0) is 0 Å². The van der Waals surface area contributed by atoms with Gasteiger partial charge in [-0.25, -0.2) is 4.98 Å². The highest BCUT2D eigenvalue weighted by atomic mass is 16.6. The Bertz CT molecular complexity index is 584. The van der Waals surface area contributed by atoms with Crippen LogP contribution in [0.15, 0.2) is 30.5 Å². The number of fused-ring (bicyclic) bond motifs is 1. The topological polar surface area (TPSA) is 88.3 Å². The maximum atomic E-state index is 10.9. The third-order valence-corrected chi connectivity index (χ3v) is 2.53. The van der Waals surface area contributed by atoms with Crippen LogP contribution in [-0.4, -0.2) is 27.7 Å². The lowest BCUT2D eigenvalue weighted by molar-refractivity contribution is -0.383. The van der Waals surface area contributed by atoms with Crippen LogP contribution in [0.4, 0.5) is 11.4 Å². The summed E-state index contributed by atoms with van der Waals surface area (Å²) in [6.45, 7) is 2.04.